The highest BCUT2D eigenvalue weighted by Crippen LogP contribution is 2.27. The molecule has 0 unspecified atom stereocenters. The van der Waals surface area contributed by atoms with Gasteiger partial charge in [0.25, 0.3) is 5.69 Å². The lowest BCUT2D eigenvalue weighted by molar-refractivity contribution is -0.385. The molecule has 1 aromatic heterocycles. The van der Waals surface area contributed by atoms with Gasteiger partial charge in [-0.05, 0) is 15.9 Å². The van der Waals surface area contributed by atoms with Gasteiger partial charge in [-0.1, -0.05) is 0 Å². The second-order valence-electron chi connectivity index (χ2n) is 3.19. The van der Waals surface area contributed by atoms with Crippen molar-refractivity contribution in [2.24, 2.45) is 0 Å². The number of pyridine rings is 1. The van der Waals surface area contributed by atoms with Crippen LogP contribution in [0.3, 0.4) is 0 Å². The van der Waals surface area contributed by atoms with E-state index in [1.807, 2.05) is 0 Å². The van der Waals surface area contributed by atoms with E-state index in [1.54, 1.807) is 4.90 Å². The molecule has 1 heterocycles. The van der Waals surface area contributed by atoms with Gasteiger partial charge in [0.2, 0.25) is 0 Å². The Labute approximate surface area is 106 Å². The van der Waals surface area contributed by atoms with Crippen molar-refractivity contribution in [2.75, 3.05) is 31.2 Å². The first-order chi connectivity index (χ1) is 8.10. The van der Waals surface area contributed by atoms with Crippen molar-refractivity contribution in [3.63, 3.8) is 0 Å². The van der Waals surface area contributed by atoms with Gasteiger partial charge >= 0.3 is 0 Å². The number of hydrogen-bond donors (Lipinski definition) is 2. The number of nitro groups is 1. The second kappa shape index (κ2) is 6.48. The Kier molecular flexibility index (Phi) is 5.26. The number of aliphatic hydroxyl groups is 2. The molecule has 0 fully saturated rings. The minimum atomic E-state index is -0.538. The molecule has 0 atom stereocenters. The van der Waals surface area contributed by atoms with Crippen molar-refractivity contribution in [1.29, 1.82) is 0 Å². The van der Waals surface area contributed by atoms with Gasteiger partial charge in [-0.2, -0.15) is 0 Å². The molecule has 0 saturated carbocycles. The monoisotopic (exact) mass is 305 g/mol. The molecular formula is C9H12BrN3O4. The summed E-state index contributed by atoms with van der Waals surface area (Å²) in [5.74, 6) is 0.457. The number of halogens is 1. The van der Waals surface area contributed by atoms with E-state index < -0.39 is 4.92 Å². The lowest BCUT2D eigenvalue weighted by Crippen LogP contribution is -2.30. The molecule has 0 radical (unpaired) electrons. The van der Waals surface area contributed by atoms with E-state index in [1.165, 1.54) is 6.07 Å². The van der Waals surface area contributed by atoms with Crippen LogP contribution in [0.4, 0.5) is 11.5 Å². The Balaban J connectivity index is 2.99. The summed E-state index contributed by atoms with van der Waals surface area (Å²) in [4.78, 5) is 15.6. The molecule has 17 heavy (non-hydrogen) atoms. The van der Waals surface area contributed by atoms with Crippen molar-refractivity contribution in [2.45, 2.75) is 0 Å². The summed E-state index contributed by atoms with van der Waals surface area (Å²) < 4.78 is 0.452. The normalized spacial score (nSPS) is 10.3. The molecule has 0 aliphatic carbocycles. The van der Waals surface area contributed by atoms with Gasteiger partial charge in [-0.3, -0.25) is 10.1 Å². The molecule has 8 heteroatoms. The minimum Gasteiger partial charge on any atom is -0.395 e. The predicted octanol–water partition coefficient (Wildman–Crippen LogP) is 0.543. The Hall–Kier alpha value is -1.25. The molecule has 0 saturated heterocycles. The Morgan fingerprint density at radius 3 is 2.41 bits per heavy atom. The molecule has 0 aliphatic heterocycles. The second-order valence-corrected chi connectivity index (χ2v) is 4.04. The number of nitrogens with zero attached hydrogens (tertiary/aromatic N) is 3. The van der Waals surface area contributed by atoms with Crippen molar-refractivity contribution >= 4 is 27.4 Å². The van der Waals surface area contributed by atoms with Gasteiger partial charge in [0.1, 0.15) is 12.0 Å². The Bertz CT molecular complexity index is 396. The summed E-state index contributed by atoms with van der Waals surface area (Å²) in [5.41, 5.74) is -0.117. The largest absolute Gasteiger partial charge is 0.395 e. The van der Waals surface area contributed by atoms with Gasteiger partial charge in [0.15, 0.2) is 0 Å². The van der Waals surface area contributed by atoms with E-state index in [4.69, 9.17) is 10.2 Å². The Morgan fingerprint density at radius 1 is 1.41 bits per heavy atom. The van der Waals surface area contributed by atoms with E-state index in [0.717, 1.165) is 6.20 Å². The first-order valence-corrected chi connectivity index (χ1v) is 5.66. The molecule has 0 spiro atoms. The third-order valence-electron chi connectivity index (χ3n) is 2.06. The zero-order valence-corrected chi connectivity index (χ0v) is 10.5. The minimum absolute atomic E-state index is 0.0922. The highest BCUT2D eigenvalue weighted by atomic mass is 79.9. The van der Waals surface area contributed by atoms with E-state index in [0.29, 0.717) is 23.4 Å². The van der Waals surface area contributed by atoms with Gasteiger partial charge in [-0.25, -0.2) is 4.98 Å². The van der Waals surface area contributed by atoms with Crippen molar-refractivity contribution in [1.82, 2.24) is 4.98 Å². The van der Waals surface area contributed by atoms with Crippen molar-refractivity contribution < 1.29 is 15.1 Å². The van der Waals surface area contributed by atoms with Crippen molar-refractivity contribution in [3.8, 4) is 0 Å². The van der Waals surface area contributed by atoms with Crippen LogP contribution in [0, 0.1) is 10.1 Å². The zero-order chi connectivity index (χ0) is 12.8. The molecule has 7 nitrogen and oxygen atoms in total. The van der Waals surface area contributed by atoms with Gasteiger partial charge < -0.3 is 15.1 Å². The molecule has 0 aromatic carbocycles. The number of hydrogen-bond acceptors (Lipinski definition) is 6. The molecule has 1 rings (SSSR count). The first kappa shape index (κ1) is 13.8. The molecule has 94 valence electrons. The third kappa shape index (κ3) is 3.62. The van der Waals surface area contributed by atoms with Crippen molar-refractivity contribution in [3.05, 3.63) is 26.9 Å². The standard InChI is InChI=1S/C9H12BrN3O4/c10-8-5-7(13(16)17)6-11-9(8)12(1-3-14)2-4-15/h5-6,14-15H,1-4H2. The topological polar surface area (TPSA) is 99.7 Å². The molecule has 0 amide bonds. The zero-order valence-electron chi connectivity index (χ0n) is 8.91. The number of aliphatic hydroxyl groups excluding tert-OH is 2. The van der Waals surface area contributed by atoms with Crippen LogP contribution in [0.5, 0.6) is 0 Å². The molecule has 1 aromatic rings. The first-order valence-electron chi connectivity index (χ1n) is 4.86. The van der Waals surface area contributed by atoms with Crippen LogP contribution in [0.1, 0.15) is 0 Å². The summed E-state index contributed by atoms with van der Waals surface area (Å²) in [7, 11) is 0. The molecular weight excluding hydrogens is 294 g/mol. The summed E-state index contributed by atoms with van der Waals surface area (Å²) >= 11 is 3.18. The number of anilines is 1. The maximum atomic E-state index is 10.5. The van der Waals surface area contributed by atoms with Crippen LogP contribution >= 0.6 is 15.9 Å². The summed E-state index contributed by atoms with van der Waals surface area (Å²) in [6.45, 7) is 0.407. The lowest BCUT2D eigenvalue weighted by Gasteiger charge is -2.22. The highest BCUT2D eigenvalue weighted by Gasteiger charge is 2.15. The maximum Gasteiger partial charge on any atom is 0.288 e. The van der Waals surface area contributed by atoms with E-state index in [9.17, 15) is 10.1 Å². The maximum absolute atomic E-state index is 10.5. The van der Waals surface area contributed by atoms with E-state index in [-0.39, 0.29) is 18.9 Å². The van der Waals surface area contributed by atoms with Gasteiger partial charge in [0, 0.05) is 19.2 Å². The molecule has 0 bridgehead atoms. The fourth-order valence-electron chi connectivity index (χ4n) is 1.32. The van der Waals surface area contributed by atoms with Crippen LogP contribution in [-0.2, 0) is 0 Å². The predicted molar refractivity (Wildman–Crippen MR) is 65.0 cm³/mol. The van der Waals surface area contributed by atoms with Crippen LogP contribution in [0.2, 0.25) is 0 Å². The molecule has 0 aliphatic rings. The van der Waals surface area contributed by atoms with Gasteiger partial charge in [0.05, 0.1) is 22.6 Å². The number of rotatable bonds is 6. The fourth-order valence-corrected chi connectivity index (χ4v) is 1.91. The average molecular weight is 306 g/mol. The van der Waals surface area contributed by atoms with Gasteiger partial charge in [-0.15, -0.1) is 0 Å². The van der Waals surface area contributed by atoms with Crippen LogP contribution in [0.15, 0.2) is 16.7 Å². The fraction of sp³-hybridized carbons (Fsp3) is 0.444. The van der Waals surface area contributed by atoms with Crippen LogP contribution < -0.4 is 4.90 Å². The number of aromatic nitrogens is 1. The average Bonchev–Trinajstić information content (AvgIpc) is 2.28. The van der Waals surface area contributed by atoms with Crippen LogP contribution in [-0.4, -0.2) is 46.4 Å². The van der Waals surface area contributed by atoms with E-state index >= 15 is 0 Å². The summed E-state index contributed by atoms with van der Waals surface area (Å²) in [6.07, 6.45) is 1.14. The smallest absolute Gasteiger partial charge is 0.288 e. The van der Waals surface area contributed by atoms with E-state index in [2.05, 4.69) is 20.9 Å². The summed E-state index contributed by atoms with van der Waals surface area (Å²) in [5, 5.41) is 28.3. The SMILES string of the molecule is O=[N+]([O-])c1cnc(N(CCO)CCO)c(Br)c1. The Morgan fingerprint density at radius 2 is 2.00 bits per heavy atom. The quantitative estimate of drug-likeness (QED) is 0.588. The highest BCUT2D eigenvalue weighted by molar-refractivity contribution is 9.10. The lowest BCUT2D eigenvalue weighted by atomic mass is 10.3. The van der Waals surface area contributed by atoms with Crippen LogP contribution in [0.25, 0.3) is 0 Å². The molecule has 2 N–H and O–H groups in total. The third-order valence-corrected chi connectivity index (χ3v) is 2.64. The summed E-state index contributed by atoms with van der Waals surface area (Å²) in [6, 6.07) is 1.34.